The zero-order valence-corrected chi connectivity index (χ0v) is 8.41. The van der Waals surface area contributed by atoms with Crippen LogP contribution in [0.1, 0.15) is 26.7 Å². The van der Waals surface area contributed by atoms with E-state index in [1.807, 2.05) is 13.8 Å². The molecule has 0 amide bonds. The van der Waals surface area contributed by atoms with Crippen LogP contribution in [0.2, 0.25) is 0 Å². The highest BCUT2D eigenvalue weighted by Crippen LogP contribution is 1.98. The third-order valence-electron chi connectivity index (χ3n) is 1.49. The number of hydrogen-bond acceptors (Lipinski definition) is 3. The van der Waals surface area contributed by atoms with Gasteiger partial charge in [-0.1, -0.05) is 20.4 Å². The lowest BCUT2D eigenvalue weighted by Crippen LogP contribution is -2.12. The Bertz CT molecular complexity index is 152. The monoisotopic (exact) mass is 186 g/mol. The Morgan fingerprint density at radius 1 is 1.38 bits per heavy atom. The maximum Gasteiger partial charge on any atom is 0.308 e. The number of ether oxygens (including phenoxy) is 2. The van der Waals surface area contributed by atoms with Gasteiger partial charge < -0.3 is 9.47 Å². The molecule has 0 heterocycles. The Morgan fingerprint density at radius 2 is 2.00 bits per heavy atom. The van der Waals surface area contributed by atoms with Gasteiger partial charge in [0.05, 0.1) is 25.4 Å². The zero-order valence-electron chi connectivity index (χ0n) is 8.41. The average molecular weight is 186 g/mol. The van der Waals surface area contributed by atoms with Crippen molar-refractivity contribution in [2.45, 2.75) is 26.7 Å². The molecule has 3 nitrogen and oxygen atoms in total. The molecule has 0 bridgehead atoms. The molecule has 0 atom stereocenters. The van der Waals surface area contributed by atoms with Crippen LogP contribution >= 0.6 is 0 Å². The van der Waals surface area contributed by atoms with Crippen LogP contribution < -0.4 is 0 Å². The number of carbonyl (C=O) groups excluding carboxylic acids is 1. The van der Waals surface area contributed by atoms with Crippen molar-refractivity contribution in [1.82, 2.24) is 0 Å². The van der Waals surface area contributed by atoms with Gasteiger partial charge in [0.25, 0.3) is 0 Å². The maximum absolute atomic E-state index is 11.0. The van der Waals surface area contributed by atoms with Crippen LogP contribution in [-0.4, -0.2) is 19.2 Å². The van der Waals surface area contributed by atoms with E-state index in [-0.39, 0.29) is 11.9 Å². The van der Waals surface area contributed by atoms with Gasteiger partial charge in [0, 0.05) is 0 Å². The zero-order chi connectivity index (χ0) is 10.1. The second kappa shape index (κ2) is 7.65. The van der Waals surface area contributed by atoms with Crippen LogP contribution in [0.15, 0.2) is 12.8 Å². The Labute approximate surface area is 79.7 Å². The highest BCUT2D eigenvalue weighted by molar-refractivity contribution is 5.71. The van der Waals surface area contributed by atoms with E-state index in [9.17, 15) is 4.79 Å². The minimum Gasteiger partial charge on any atom is -0.502 e. The highest BCUT2D eigenvalue weighted by Gasteiger charge is 2.06. The molecule has 0 saturated heterocycles. The first kappa shape index (κ1) is 12.0. The van der Waals surface area contributed by atoms with Gasteiger partial charge in [-0.25, -0.2) is 0 Å². The van der Waals surface area contributed by atoms with E-state index < -0.39 is 0 Å². The van der Waals surface area contributed by atoms with E-state index in [4.69, 9.17) is 9.47 Å². The number of hydrogen-bond donors (Lipinski definition) is 0. The van der Waals surface area contributed by atoms with Crippen LogP contribution in [-0.2, 0) is 14.3 Å². The number of esters is 1. The summed E-state index contributed by atoms with van der Waals surface area (Å²) < 4.78 is 9.87. The van der Waals surface area contributed by atoms with Crippen molar-refractivity contribution in [2.75, 3.05) is 13.2 Å². The molecule has 13 heavy (non-hydrogen) atoms. The molecule has 0 aromatic heterocycles. The molecule has 0 N–H and O–H groups in total. The van der Waals surface area contributed by atoms with Gasteiger partial charge in [-0.15, -0.1) is 0 Å². The summed E-state index contributed by atoms with van der Waals surface area (Å²) in [4.78, 5) is 11.0. The first-order valence-electron chi connectivity index (χ1n) is 4.57. The van der Waals surface area contributed by atoms with Crippen LogP contribution in [0.5, 0.6) is 0 Å². The largest absolute Gasteiger partial charge is 0.502 e. The first-order valence-corrected chi connectivity index (χ1v) is 4.57. The summed E-state index contributed by atoms with van der Waals surface area (Å²) >= 11 is 0. The Hall–Kier alpha value is -0.990. The van der Waals surface area contributed by atoms with Gasteiger partial charge >= 0.3 is 5.97 Å². The van der Waals surface area contributed by atoms with Gasteiger partial charge in [0.1, 0.15) is 0 Å². The molecule has 0 unspecified atom stereocenters. The molecule has 0 radical (unpaired) electrons. The average Bonchev–Trinajstić information content (AvgIpc) is 2.10. The van der Waals surface area contributed by atoms with Crippen molar-refractivity contribution in [2.24, 2.45) is 5.92 Å². The number of unbranched alkanes of at least 4 members (excludes halogenated alkanes) is 1. The van der Waals surface area contributed by atoms with E-state index in [1.165, 1.54) is 6.26 Å². The van der Waals surface area contributed by atoms with Crippen molar-refractivity contribution < 1.29 is 14.3 Å². The smallest absolute Gasteiger partial charge is 0.308 e. The van der Waals surface area contributed by atoms with Crippen LogP contribution in [0.25, 0.3) is 0 Å². The normalized spacial score (nSPS) is 9.77. The summed E-state index contributed by atoms with van der Waals surface area (Å²) in [6, 6.07) is 0. The van der Waals surface area contributed by atoms with E-state index in [2.05, 4.69) is 6.58 Å². The quantitative estimate of drug-likeness (QED) is 0.347. The third kappa shape index (κ3) is 7.37. The fourth-order valence-corrected chi connectivity index (χ4v) is 0.710. The predicted octanol–water partition coefficient (Wildman–Crippen LogP) is 2.13. The van der Waals surface area contributed by atoms with Gasteiger partial charge in [0.15, 0.2) is 0 Å². The molecular formula is C10H18O3. The number of carbonyl (C=O) groups is 1. The SMILES string of the molecule is C=COCCCCOC(=O)C(C)C. The van der Waals surface area contributed by atoms with E-state index in [1.54, 1.807) is 0 Å². The van der Waals surface area contributed by atoms with Crippen LogP contribution in [0.3, 0.4) is 0 Å². The van der Waals surface area contributed by atoms with Gasteiger partial charge in [0.2, 0.25) is 0 Å². The molecule has 0 spiro atoms. The fraction of sp³-hybridized carbons (Fsp3) is 0.700. The molecule has 0 rings (SSSR count). The minimum absolute atomic E-state index is 0.0376. The summed E-state index contributed by atoms with van der Waals surface area (Å²) in [5, 5.41) is 0. The molecule has 0 aromatic carbocycles. The van der Waals surface area contributed by atoms with Gasteiger partial charge in [-0.2, -0.15) is 0 Å². The standard InChI is InChI=1S/C10H18O3/c1-4-12-7-5-6-8-13-10(11)9(2)3/h4,9H,1,5-8H2,2-3H3. The lowest BCUT2D eigenvalue weighted by Gasteiger charge is -2.06. The minimum atomic E-state index is -0.135. The second-order valence-corrected chi connectivity index (χ2v) is 3.07. The van der Waals surface area contributed by atoms with E-state index in [0.29, 0.717) is 13.2 Å². The lowest BCUT2D eigenvalue weighted by molar-refractivity contribution is -0.147. The number of rotatable bonds is 7. The lowest BCUT2D eigenvalue weighted by atomic mass is 10.2. The van der Waals surface area contributed by atoms with E-state index >= 15 is 0 Å². The third-order valence-corrected chi connectivity index (χ3v) is 1.49. The summed E-state index contributed by atoms with van der Waals surface area (Å²) in [5.74, 6) is -0.172. The van der Waals surface area contributed by atoms with Crippen LogP contribution in [0, 0.1) is 5.92 Å². The molecule has 0 fully saturated rings. The molecule has 0 aliphatic rings. The summed E-state index contributed by atoms with van der Waals surface area (Å²) in [5.41, 5.74) is 0. The van der Waals surface area contributed by atoms with Gasteiger partial charge in [-0.05, 0) is 12.8 Å². The molecule has 0 aromatic rings. The molecular weight excluding hydrogens is 168 g/mol. The Kier molecular flexibility index (Phi) is 7.07. The Morgan fingerprint density at radius 3 is 2.54 bits per heavy atom. The van der Waals surface area contributed by atoms with Crippen molar-refractivity contribution in [3.63, 3.8) is 0 Å². The molecule has 76 valence electrons. The van der Waals surface area contributed by atoms with Crippen molar-refractivity contribution in [3.8, 4) is 0 Å². The van der Waals surface area contributed by atoms with Crippen molar-refractivity contribution >= 4 is 5.97 Å². The van der Waals surface area contributed by atoms with Crippen molar-refractivity contribution in [3.05, 3.63) is 12.8 Å². The second-order valence-electron chi connectivity index (χ2n) is 3.07. The summed E-state index contributed by atoms with van der Waals surface area (Å²) in [6.45, 7) is 8.19. The fourth-order valence-electron chi connectivity index (χ4n) is 0.710. The highest BCUT2D eigenvalue weighted by atomic mass is 16.5. The van der Waals surface area contributed by atoms with E-state index in [0.717, 1.165) is 12.8 Å². The van der Waals surface area contributed by atoms with Crippen LogP contribution in [0.4, 0.5) is 0 Å². The predicted molar refractivity (Wildman–Crippen MR) is 51.2 cm³/mol. The topological polar surface area (TPSA) is 35.5 Å². The van der Waals surface area contributed by atoms with Gasteiger partial charge in [-0.3, -0.25) is 4.79 Å². The maximum atomic E-state index is 11.0. The van der Waals surface area contributed by atoms with Crippen molar-refractivity contribution in [1.29, 1.82) is 0 Å². The molecule has 3 heteroatoms. The summed E-state index contributed by atoms with van der Waals surface area (Å²) in [7, 11) is 0. The molecule has 0 aliphatic carbocycles. The summed E-state index contributed by atoms with van der Waals surface area (Å²) in [6.07, 6.45) is 3.14. The Balaban J connectivity index is 3.16. The molecule has 0 aliphatic heterocycles. The molecule has 0 saturated carbocycles. The first-order chi connectivity index (χ1) is 6.18.